The van der Waals surface area contributed by atoms with Gasteiger partial charge in [0.05, 0.1) is 5.71 Å². The van der Waals surface area contributed by atoms with Gasteiger partial charge in [0, 0.05) is 13.5 Å². The van der Waals surface area contributed by atoms with E-state index in [-0.39, 0.29) is 18.0 Å². The number of ether oxygens (including phenoxy) is 4. The molecule has 20 heavy (non-hydrogen) atoms. The van der Waals surface area contributed by atoms with Crippen molar-refractivity contribution < 1.29 is 28.6 Å². The van der Waals surface area contributed by atoms with Crippen LogP contribution in [-0.4, -0.2) is 55.1 Å². The van der Waals surface area contributed by atoms with Crippen LogP contribution in [0.4, 0.5) is 0 Å². The van der Waals surface area contributed by atoms with Gasteiger partial charge >= 0.3 is 0 Å². The van der Waals surface area contributed by atoms with Crippen molar-refractivity contribution in [3.63, 3.8) is 0 Å². The van der Waals surface area contributed by atoms with Gasteiger partial charge in [0.1, 0.15) is 18.3 Å². The Hall–Kier alpha value is -1.02. The summed E-state index contributed by atoms with van der Waals surface area (Å²) < 4.78 is 22.8. The third-order valence-electron chi connectivity index (χ3n) is 3.74. The molecule has 7 nitrogen and oxygen atoms in total. The Morgan fingerprint density at radius 3 is 2.75 bits per heavy atom. The van der Waals surface area contributed by atoms with Crippen LogP contribution >= 0.6 is 0 Å². The van der Waals surface area contributed by atoms with Crippen molar-refractivity contribution >= 4 is 11.5 Å². The smallest absolute Gasteiger partial charge is 0.190 e. The fourth-order valence-corrected chi connectivity index (χ4v) is 2.79. The average molecular weight is 285 g/mol. The Morgan fingerprint density at radius 2 is 2.15 bits per heavy atom. The monoisotopic (exact) mass is 285 g/mol. The minimum absolute atomic E-state index is 0.0514. The molecule has 0 spiro atoms. The Kier molecular flexibility index (Phi) is 3.32. The number of hydrogen-bond donors (Lipinski definition) is 0. The number of carbonyl (C=O) groups is 1. The predicted octanol–water partition coefficient (Wildman–Crippen LogP) is 0.612. The van der Waals surface area contributed by atoms with E-state index in [0.717, 1.165) is 0 Å². The zero-order chi connectivity index (χ0) is 14.5. The van der Waals surface area contributed by atoms with Crippen LogP contribution in [0.3, 0.4) is 0 Å². The first-order valence-corrected chi connectivity index (χ1v) is 6.68. The zero-order valence-corrected chi connectivity index (χ0v) is 12.0. The number of methoxy groups -OCH3 is 1. The highest BCUT2D eigenvalue weighted by Gasteiger charge is 2.57. The van der Waals surface area contributed by atoms with E-state index in [1.807, 2.05) is 13.8 Å². The number of nitrogens with zero attached hydrogens (tertiary/aromatic N) is 1. The molecule has 3 heterocycles. The molecule has 5 atom stereocenters. The maximum Gasteiger partial charge on any atom is 0.190 e. The molecule has 2 fully saturated rings. The van der Waals surface area contributed by atoms with E-state index < -0.39 is 24.3 Å². The molecule has 7 heteroatoms. The number of oxime groups is 1. The molecule has 0 bridgehead atoms. The van der Waals surface area contributed by atoms with E-state index in [0.29, 0.717) is 12.1 Å². The lowest BCUT2D eigenvalue weighted by molar-refractivity contribution is -0.208. The van der Waals surface area contributed by atoms with Crippen molar-refractivity contribution in [1.29, 1.82) is 0 Å². The molecule has 3 aliphatic heterocycles. The maximum absolute atomic E-state index is 11.3. The van der Waals surface area contributed by atoms with Crippen LogP contribution in [0.15, 0.2) is 5.16 Å². The van der Waals surface area contributed by atoms with Crippen molar-refractivity contribution in [2.75, 3.05) is 7.11 Å². The highest BCUT2D eigenvalue weighted by Crippen LogP contribution is 2.39. The minimum atomic E-state index is -0.688. The number of ketones is 1. The lowest BCUT2D eigenvalue weighted by Gasteiger charge is -2.24. The van der Waals surface area contributed by atoms with Gasteiger partial charge in [0.25, 0.3) is 0 Å². The second-order valence-electron chi connectivity index (χ2n) is 5.72. The molecule has 112 valence electrons. The van der Waals surface area contributed by atoms with Gasteiger partial charge in [-0.25, -0.2) is 0 Å². The summed E-state index contributed by atoms with van der Waals surface area (Å²) in [5.74, 6) is -0.739. The molecular weight excluding hydrogens is 266 g/mol. The van der Waals surface area contributed by atoms with Gasteiger partial charge in [-0.1, -0.05) is 5.16 Å². The van der Waals surface area contributed by atoms with Gasteiger partial charge in [0.15, 0.2) is 24.0 Å². The van der Waals surface area contributed by atoms with E-state index in [9.17, 15) is 4.79 Å². The van der Waals surface area contributed by atoms with Crippen molar-refractivity contribution in [3.05, 3.63) is 0 Å². The number of hydrogen-bond acceptors (Lipinski definition) is 7. The molecule has 0 radical (unpaired) electrons. The Bertz CT molecular complexity index is 448. The van der Waals surface area contributed by atoms with Crippen molar-refractivity contribution in [2.45, 2.75) is 63.7 Å². The second-order valence-corrected chi connectivity index (χ2v) is 5.72. The van der Waals surface area contributed by atoms with Gasteiger partial charge < -0.3 is 23.8 Å². The van der Waals surface area contributed by atoms with Gasteiger partial charge in [-0.2, -0.15) is 0 Å². The molecule has 0 aromatic carbocycles. The SMILES string of the molecule is CO[C@@H]1[C@H]2OC(C)(C)O[C@H]2O[C@@H]1C1=NOC(C(C)=O)C1. The van der Waals surface area contributed by atoms with Crippen molar-refractivity contribution in [3.8, 4) is 0 Å². The van der Waals surface area contributed by atoms with Gasteiger partial charge in [-0.15, -0.1) is 0 Å². The molecule has 0 amide bonds. The molecule has 0 saturated carbocycles. The maximum atomic E-state index is 11.3. The summed E-state index contributed by atoms with van der Waals surface area (Å²) in [7, 11) is 1.59. The first-order valence-electron chi connectivity index (χ1n) is 6.68. The van der Waals surface area contributed by atoms with Crippen LogP contribution in [0.1, 0.15) is 27.2 Å². The summed E-state index contributed by atoms with van der Waals surface area (Å²) in [4.78, 5) is 16.4. The number of fused-ring (bicyclic) bond motifs is 1. The molecule has 3 rings (SSSR count). The number of carbonyl (C=O) groups excluding carboxylic acids is 1. The summed E-state index contributed by atoms with van der Waals surface area (Å²) in [5, 5.41) is 3.96. The van der Waals surface area contributed by atoms with Crippen LogP contribution in [0.5, 0.6) is 0 Å². The van der Waals surface area contributed by atoms with E-state index >= 15 is 0 Å². The fraction of sp³-hybridized carbons (Fsp3) is 0.846. The van der Waals surface area contributed by atoms with Crippen molar-refractivity contribution in [1.82, 2.24) is 0 Å². The summed E-state index contributed by atoms with van der Waals surface area (Å²) >= 11 is 0. The van der Waals surface area contributed by atoms with E-state index in [4.69, 9.17) is 23.8 Å². The Balaban J connectivity index is 1.72. The highest BCUT2D eigenvalue weighted by atomic mass is 16.8. The molecule has 0 N–H and O–H groups in total. The standard InChI is InChI=1S/C13H19NO6/c1-6(15)8-5-7(14-20-8)9-10(16-4)11-12(17-9)19-13(2,3)18-11/h8-12H,5H2,1-4H3/t8?,9-,10+,11-,12-/m1/s1. The summed E-state index contributed by atoms with van der Waals surface area (Å²) in [6, 6.07) is 0. The molecule has 2 saturated heterocycles. The zero-order valence-electron chi connectivity index (χ0n) is 12.0. The molecular formula is C13H19NO6. The first kappa shape index (κ1) is 13.9. The topological polar surface area (TPSA) is 75.6 Å². The largest absolute Gasteiger partial charge is 0.384 e. The third-order valence-corrected chi connectivity index (χ3v) is 3.74. The minimum Gasteiger partial charge on any atom is -0.384 e. The lowest BCUT2D eigenvalue weighted by atomic mass is 10.0. The second kappa shape index (κ2) is 4.77. The molecule has 0 aromatic rings. The predicted molar refractivity (Wildman–Crippen MR) is 67.1 cm³/mol. The third kappa shape index (κ3) is 2.24. The van der Waals surface area contributed by atoms with E-state index in [1.54, 1.807) is 7.11 Å². The van der Waals surface area contributed by atoms with Crippen LogP contribution in [0.25, 0.3) is 0 Å². The normalized spacial score (nSPS) is 42.2. The van der Waals surface area contributed by atoms with Crippen LogP contribution < -0.4 is 0 Å². The summed E-state index contributed by atoms with van der Waals surface area (Å²) in [6.45, 7) is 5.15. The average Bonchev–Trinajstić information content (AvgIpc) is 2.99. The summed E-state index contributed by atoms with van der Waals surface area (Å²) in [6.07, 6.45) is -1.63. The molecule has 0 aliphatic carbocycles. The van der Waals surface area contributed by atoms with Crippen LogP contribution in [-0.2, 0) is 28.6 Å². The fourth-order valence-electron chi connectivity index (χ4n) is 2.79. The molecule has 3 aliphatic rings. The first-order chi connectivity index (χ1) is 9.41. The van der Waals surface area contributed by atoms with E-state index in [2.05, 4.69) is 5.16 Å². The van der Waals surface area contributed by atoms with Gasteiger partial charge in [-0.05, 0) is 20.8 Å². The van der Waals surface area contributed by atoms with Crippen LogP contribution in [0.2, 0.25) is 0 Å². The lowest BCUT2D eigenvalue weighted by Crippen LogP contribution is -2.40. The molecule has 0 aromatic heterocycles. The van der Waals surface area contributed by atoms with Gasteiger partial charge in [0.2, 0.25) is 0 Å². The highest BCUT2D eigenvalue weighted by molar-refractivity contribution is 5.96. The van der Waals surface area contributed by atoms with Crippen LogP contribution in [0, 0.1) is 0 Å². The molecule has 1 unspecified atom stereocenters. The Morgan fingerprint density at radius 1 is 1.40 bits per heavy atom. The number of rotatable bonds is 3. The van der Waals surface area contributed by atoms with Gasteiger partial charge in [-0.3, -0.25) is 4.79 Å². The quantitative estimate of drug-likeness (QED) is 0.756. The number of Topliss-reactive ketones (excluding diaryl/α,β-unsaturated/α-hetero) is 1. The van der Waals surface area contributed by atoms with E-state index in [1.165, 1.54) is 6.92 Å². The Labute approximate surface area is 117 Å². The summed E-state index contributed by atoms with van der Waals surface area (Å²) in [5.41, 5.74) is 0.663. The van der Waals surface area contributed by atoms with Crippen molar-refractivity contribution in [2.24, 2.45) is 5.16 Å².